The van der Waals surface area contributed by atoms with E-state index in [-0.39, 0.29) is 18.1 Å². The Morgan fingerprint density at radius 2 is 1.48 bits per heavy atom. The number of amides is 1. The second kappa shape index (κ2) is 13.8. The van der Waals surface area contributed by atoms with Crippen molar-refractivity contribution in [2.45, 2.75) is 44.6 Å². The molecule has 40 heavy (non-hydrogen) atoms. The summed E-state index contributed by atoms with van der Waals surface area (Å²) in [7, 11) is 0. The SMILES string of the molecule is O=C(Cc1ccc(F)cn1)N1CCC2(CCN(Cc3nccs3)C2)CC1.O=C(O)C(F)(F)F.O=C(O)C(F)(F)F. The third-order valence-corrected chi connectivity index (χ3v) is 6.91. The number of hydrogen-bond donors (Lipinski definition) is 2. The zero-order chi connectivity index (χ0) is 30.1. The molecule has 4 rings (SSSR count). The van der Waals surface area contributed by atoms with Crippen LogP contribution in [0.1, 0.15) is 30.0 Å². The van der Waals surface area contributed by atoms with Crippen molar-refractivity contribution in [3.8, 4) is 0 Å². The number of aromatic nitrogens is 2. The minimum Gasteiger partial charge on any atom is -0.475 e. The van der Waals surface area contributed by atoms with E-state index in [1.165, 1.54) is 23.7 Å². The molecule has 0 bridgehead atoms. The summed E-state index contributed by atoms with van der Waals surface area (Å²) < 4.78 is 76.4. The highest BCUT2D eigenvalue weighted by Gasteiger charge is 2.41. The Labute approximate surface area is 227 Å². The summed E-state index contributed by atoms with van der Waals surface area (Å²) in [5, 5.41) is 17.5. The topological polar surface area (TPSA) is 124 Å². The quantitative estimate of drug-likeness (QED) is 0.504. The third kappa shape index (κ3) is 10.7. The van der Waals surface area contributed by atoms with E-state index in [0.29, 0.717) is 11.1 Å². The van der Waals surface area contributed by atoms with Crippen LogP contribution in [0, 0.1) is 11.2 Å². The number of halogens is 7. The van der Waals surface area contributed by atoms with Crippen molar-refractivity contribution < 1.29 is 55.3 Å². The Morgan fingerprint density at radius 3 is 1.93 bits per heavy atom. The molecule has 1 amide bonds. The average molecular weight is 603 g/mol. The highest BCUT2D eigenvalue weighted by atomic mass is 32.1. The summed E-state index contributed by atoms with van der Waals surface area (Å²) in [5.74, 6) is -5.79. The molecule has 0 atom stereocenters. The Kier molecular flexibility index (Phi) is 11.4. The second-order valence-electron chi connectivity index (χ2n) is 9.02. The lowest BCUT2D eigenvalue weighted by atomic mass is 9.77. The number of aliphatic carboxylic acids is 2. The molecule has 1 spiro atoms. The van der Waals surface area contributed by atoms with Crippen molar-refractivity contribution in [1.82, 2.24) is 19.8 Å². The molecule has 2 aliphatic heterocycles. The Balaban J connectivity index is 0.000000333. The lowest BCUT2D eigenvalue weighted by Crippen LogP contribution is -2.44. The van der Waals surface area contributed by atoms with E-state index < -0.39 is 24.3 Å². The molecule has 0 radical (unpaired) electrons. The maximum atomic E-state index is 12.9. The zero-order valence-corrected chi connectivity index (χ0v) is 21.5. The Bertz CT molecular complexity index is 1100. The van der Waals surface area contributed by atoms with Gasteiger partial charge in [-0.1, -0.05) is 0 Å². The molecule has 17 heteroatoms. The molecule has 2 aliphatic rings. The highest BCUT2D eigenvalue weighted by molar-refractivity contribution is 7.09. The number of hydrogen-bond acceptors (Lipinski definition) is 7. The van der Waals surface area contributed by atoms with Gasteiger partial charge in [-0.15, -0.1) is 11.3 Å². The van der Waals surface area contributed by atoms with Crippen molar-refractivity contribution in [3.63, 3.8) is 0 Å². The van der Waals surface area contributed by atoms with Gasteiger partial charge in [-0.05, 0) is 43.4 Å². The van der Waals surface area contributed by atoms with Gasteiger partial charge >= 0.3 is 24.3 Å². The number of alkyl halides is 6. The fraction of sp³-hybridized carbons (Fsp3) is 0.522. The largest absolute Gasteiger partial charge is 0.490 e. The Morgan fingerprint density at radius 1 is 0.925 bits per heavy atom. The number of carbonyl (C=O) groups excluding carboxylic acids is 1. The van der Waals surface area contributed by atoms with E-state index in [1.807, 2.05) is 16.5 Å². The second-order valence-corrected chi connectivity index (χ2v) is 10.00. The lowest BCUT2D eigenvalue weighted by molar-refractivity contribution is -0.193. The first kappa shape index (κ1) is 32.9. The molecule has 9 nitrogen and oxygen atoms in total. The van der Waals surface area contributed by atoms with Gasteiger partial charge in [0.1, 0.15) is 10.8 Å². The maximum Gasteiger partial charge on any atom is 0.490 e. The number of carbonyl (C=O) groups is 3. The Hall–Kier alpha value is -3.34. The minimum absolute atomic E-state index is 0.0941. The fourth-order valence-corrected chi connectivity index (χ4v) is 4.76. The van der Waals surface area contributed by atoms with E-state index in [9.17, 15) is 35.5 Å². The van der Waals surface area contributed by atoms with Crippen molar-refractivity contribution in [2.75, 3.05) is 26.2 Å². The summed E-state index contributed by atoms with van der Waals surface area (Å²) in [4.78, 5) is 43.1. The molecular formula is C23H25F7N4O5S. The van der Waals surface area contributed by atoms with Crippen LogP contribution in [0.3, 0.4) is 0 Å². The molecule has 4 heterocycles. The first-order valence-corrected chi connectivity index (χ1v) is 12.5. The van der Waals surface area contributed by atoms with Gasteiger partial charge in [-0.2, -0.15) is 26.3 Å². The molecule has 0 aliphatic carbocycles. The standard InChI is InChI=1S/C19H23FN4OS.2C2HF3O2/c20-15-1-2-16(22-12-15)11-18(25)24-8-4-19(5-9-24)3-7-23(14-19)13-17-21-6-10-26-17;2*3-2(4,5)1(6)7/h1-2,6,10,12H,3-5,7-9,11,13-14H2;2*(H,6,7). The van der Waals surface area contributed by atoms with Crippen LogP contribution in [0.15, 0.2) is 29.9 Å². The van der Waals surface area contributed by atoms with Crippen LogP contribution in [0.5, 0.6) is 0 Å². The summed E-state index contributed by atoms with van der Waals surface area (Å²) in [6.07, 6.45) is -3.55. The predicted molar refractivity (Wildman–Crippen MR) is 126 cm³/mol. The van der Waals surface area contributed by atoms with Crippen molar-refractivity contribution in [1.29, 1.82) is 0 Å². The molecule has 0 aromatic carbocycles. The summed E-state index contributed by atoms with van der Waals surface area (Å²) in [6.45, 7) is 4.79. The summed E-state index contributed by atoms with van der Waals surface area (Å²) in [6, 6.07) is 2.95. The van der Waals surface area contributed by atoms with Gasteiger partial charge in [-0.3, -0.25) is 14.7 Å². The maximum absolute atomic E-state index is 12.9. The number of carboxylic acid groups (broad SMARTS) is 2. The molecule has 0 saturated carbocycles. The number of likely N-dealkylation sites (tertiary alicyclic amines) is 2. The number of piperidine rings is 1. The van der Waals surface area contributed by atoms with Crippen LogP contribution in [0.4, 0.5) is 30.7 Å². The van der Waals surface area contributed by atoms with Crippen molar-refractivity contribution in [3.05, 3.63) is 46.4 Å². The van der Waals surface area contributed by atoms with Gasteiger partial charge in [-0.25, -0.2) is 19.0 Å². The third-order valence-electron chi connectivity index (χ3n) is 6.14. The van der Waals surface area contributed by atoms with E-state index in [0.717, 1.165) is 45.6 Å². The lowest BCUT2D eigenvalue weighted by Gasteiger charge is -2.39. The summed E-state index contributed by atoms with van der Waals surface area (Å²) in [5.41, 5.74) is 0.981. The molecular weight excluding hydrogens is 577 g/mol. The van der Waals surface area contributed by atoms with Crippen LogP contribution in [0.25, 0.3) is 0 Å². The highest BCUT2D eigenvalue weighted by Crippen LogP contribution is 2.41. The minimum atomic E-state index is -5.08. The number of thiazole rings is 1. The van der Waals surface area contributed by atoms with E-state index in [1.54, 1.807) is 17.4 Å². The van der Waals surface area contributed by atoms with Gasteiger partial charge in [0, 0.05) is 36.9 Å². The van der Waals surface area contributed by atoms with Crippen LogP contribution < -0.4 is 0 Å². The fourth-order valence-electron chi connectivity index (χ4n) is 4.10. The van der Waals surface area contributed by atoms with Gasteiger partial charge in [0.05, 0.1) is 19.2 Å². The van der Waals surface area contributed by atoms with Gasteiger partial charge in [0.15, 0.2) is 0 Å². The first-order chi connectivity index (χ1) is 18.5. The van der Waals surface area contributed by atoms with Crippen LogP contribution in [-0.2, 0) is 27.3 Å². The van der Waals surface area contributed by atoms with Crippen molar-refractivity contribution >= 4 is 29.2 Å². The number of nitrogens with zero attached hydrogens (tertiary/aromatic N) is 4. The summed E-state index contributed by atoms with van der Waals surface area (Å²) >= 11 is 1.72. The molecule has 2 fully saturated rings. The number of pyridine rings is 1. The normalized spacial score (nSPS) is 16.9. The number of carboxylic acids is 2. The van der Waals surface area contributed by atoms with Crippen LogP contribution in [0.2, 0.25) is 0 Å². The average Bonchev–Trinajstić information content (AvgIpc) is 3.51. The van der Waals surface area contributed by atoms with Gasteiger partial charge in [0.2, 0.25) is 5.91 Å². The van der Waals surface area contributed by atoms with E-state index in [4.69, 9.17) is 19.8 Å². The van der Waals surface area contributed by atoms with Gasteiger partial charge < -0.3 is 15.1 Å². The zero-order valence-electron chi connectivity index (χ0n) is 20.7. The molecule has 2 aromatic heterocycles. The van der Waals surface area contributed by atoms with Gasteiger partial charge in [0.25, 0.3) is 0 Å². The molecule has 222 valence electrons. The monoisotopic (exact) mass is 602 g/mol. The molecule has 0 unspecified atom stereocenters. The van der Waals surface area contributed by atoms with E-state index in [2.05, 4.69) is 14.9 Å². The molecule has 2 saturated heterocycles. The van der Waals surface area contributed by atoms with E-state index >= 15 is 0 Å². The number of rotatable bonds is 4. The van der Waals surface area contributed by atoms with Crippen molar-refractivity contribution in [2.24, 2.45) is 5.41 Å². The predicted octanol–water partition coefficient (Wildman–Crippen LogP) is 4.00. The van der Waals surface area contributed by atoms with Crippen LogP contribution >= 0.6 is 11.3 Å². The molecule has 2 aromatic rings. The smallest absolute Gasteiger partial charge is 0.475 e. The van der Waals surface area contributed by atoms with Crippen LogP contribution in [-0.4, -0.2) is 86.4 Å². The molecule has 2 N–H and O–H groups in total. The first-order valence-electron chi connectivity index (χ1n) is 11.6.